The van der Waals surface area contributed by atoms with Crippen molar-refractivity contribution in [1.82, 2.24) is 0 Å². The van der Waals surface area contributed by atoms with Gasteiger partial charge in [-0.3, -0.25) is 0 Å². The predicted octanol–water partition coefficient (Wildman–Crippen LogP) is 2.49. The maximum absolute atomic E-state index is 5.84. The fourth-order valence-electron chi connectivity index (χ4n) is 2.06. The smallest absolute Gasteiger partial charge is 0.231 e. The van der Waals surface area contributed by atoms with Crippen LogP contribution in [0.15, 0.2) is 16.5 Å². The van der Waals surface area contributed by atoms with Gasteiger partial charge < -0.3 is 19.6 Å². The molecule has 1 unspecified atom stereocenters. The summed E-state index contributed by atoms with van der Waals surface area (Å²) in [5.41, 5.74) is 7.72. The summed E-state index contributed by atoms with van der Waals surface area (Å²) in [6.07, 6.45) is 0. The van der Waals surface area contributed by atoms with E-state index in [4.69, 9.17) is 19.6 Å². The van der Waals surface area contributed by atoms with Crippen LogP contribution in [0.2, 0.25) is 0 Å². The average molecular weight is 219 g/mol. The van der Waals surface area contributed by atoms with Crippen molar-refractivity contribution in [3.8, 4) is 11.5 Å². The summed E-state index contributed by atoms with van der Waals surface area (Å²) in [5, 5.41) is 1.04. The van der Waals surface area contributed by atoms with Gasteiger partial charge in [-0.1, -0.05) is 0 Å². The molecule has 4 heteroatoms. The molecule has 0 fully saturated rings. The zero-order chi connectivity index (χ0) is 11.3. The number of nitrogens with two attached hydrogens (primary N) is 1. The van der Waals surface area contributed by atoms with Crippen LogP contribution in [0, 0.1) is 6.92 Å². The maximum Gasteiger partial charge on any atom is 0.231 e. The zero-order valence-electron chi connectivity index (χ0n) is 9.24. The molecule has 0 saturated heterocycles. The Morgan fingerprint density at radius 1 is 1.25 bits per heavy atom. The van der Waals surface area contributed by atoms with Crippen molar-refractivity contribution in [2.24, 2.45) is 5.73 Å². The van der Waals surface area contributed by atoms with Gasteiger partial charge in [-0.25, -0.2) is 0 Å². The van der Waals surface area contributed by atoms with Crippen molar-refractivity contribution in [3.63, 3.8) is 0 Å². The van der Waals surface area contributed by atoms with Gasteiger partial charge in [0, 0.05) is 17.0 Å². The van der Waals surface area contributed by atoms with E-state index in [1.54, 1.807) is 0 Å². The summed E-state index contributed by atoms with van der Waals surface area (Å²) in [6.45, 7) is 4.19. The molecule has 2 N–H and O–H groups in total. The lowest BCUT2D eigenvalue weighted by Crippen LogP contribution is -2.04. The number of ether oxygens (including phenoxy) is 2. The van der Waals surface area contributed by atoms with Gasteiger partial charge in [-0.15, -0.1) is 0 Å². The molecule has 1 atom stereocenters. The first-order valence-electron chi connectivity index (χ1n) is 5.25. The molecule has 16 heavy (non-hydrogen) atoms. The van der Waals surface area contributed by atoms with Gasteiger partial charge in [-0.2, -0.15) is 0 Å². The Bertz CT molecular complexity index is 557. The molecule has 1 aromatic carbocycles. The molecule has 0 aliphatic carbocycles. The Morgan fingerprint density at radius 3 is 2.62 bits per heavy atom. The molecule has 84 valence electrons. The number of benzene rings is 1. The number of fused-ring (bicyclic) bond motifs is 2. The maximum atomic E-state index is 5.84. The minimum absolute atomic E-state index is 0.107. The summed E-state index contributed by atoms with van der Waals surface area (Å²) in [4.78, 5) is 0. The third-order valence-electron chi connectivity index (χ3n) is 2.88. The first-order valence-corrected chi connectivity index (χ1v) is 5.25. The molecule has 0 spiro atoms. The molecule has 0 saturated carbocycles. The van der Waals surface area contributed by atoms with E-state index in [2.05, 4.69) is 0 Å². The van der Waals surface area contributed by atoms with Crippen molar-refractivity contribution in [2.45, 2.75) is 19.9 Å². The van der Waals surface area contributed by atoms with E-state index in [1.165, 1.54) is 0 Å². The summed E-state index contributed by atoms with van der Waals surface area (Å²) in [7, 11) is 0. The predicted molar refractivity (Wildman–Crippen MR) is 59.7 cm³/mol. The van der Waals surface area contributed by atoms with E-state index in [1.807, 2.05) is 26.0 Å². The highest BCUT2D eigenvalue weighted by molar-refractivity contribution is 5.86. The van der Waals surface area contributed by atoms with Crippen LogP contribution in [0.25, 0.3) is 11.0 Å². The van der Waals surface area contributed by atoms with E-state index in [-0.39, 0.29) is 12.8 Å². The van der Waals surface area contributed by atoms with Gasteiger partial charge in [0.2, 0.25) is 6.79 Å². The van der Waals surface area contributed by atoms with E-state index in [0.29, 0.717) is 0 Å². The SMILES string of the molecule is Cc1c(C(C)N)oc2cc3c(cc12)OCO3. The lowest BCUT2D eigenvalue weighted by atomic mass is 10.1. The Labute approximate surface area is 92.9 Å². The largest absolute Gasteiger partial charge is 0.459 e. The van der Waals surface area contributed by atoms with Crippen LogP contribution >= 0.6 is 0 Å². The highest BCUT2D eigenvalue weighted by Crippen LogP contribution is 2.39. The van der Waals surface area contributed by atoms with Crippen LogP contribution in [0.4, 0.5) is 0 Å². The molecule has 0 radical (unpaired) electrons. The number of hydrogen-bond acceptors (Lipinski definition) is 4. The van der Waals surface area contributed by atoms with Gasteiger partial charge in [0.05, 0.1) is 6.04 Å². The van der Waals surface area contributed by atoms with Crippen molar-refractivity contribution >= 4 is 11.0 Å². The fourth-order valence-corrected chi connectivity index (χ4v) is 2.06. The van der Waals surface area contributed by atoms with Gasteiger partial charge in [-0.05, 0) is 19.9 Å². The van der Waals surface area contributed by atoms with E-state index >= 15 is 0 Å². The number of furan rings is 1. The first kappa shape index (κ1) is 9.54. The standard InChI is InChI=1S/C12H13NO3/c1-6-8-3-10-11(15-5-14-10)4-9(8)16-12(6)7(2)13/h3-4,7H,5,13H2,1-2H3. The minimum atomic E-state index is -0.107. The molecule has 0 amide bonds. The van der Waals surface area contributed by atoms with Crippen LogP contribution in [-0.2, 0) is 0 Å². The van der Waals surface area contributed by atoms with Crippen molar-refractivity contribution in [3.05, 3.63) is 23.5 Å². The normalized spacial score (nSPS) is 15.7. The Kier molecular flexibility index (Phi) is 1.88. The molecule has 1 aliphatic heterocycles. The van der Waals surface area contributed by atoms with Crippen LogP contribution in [0.5, 0.6) is 11.5 Å². The van der Waals surface area contributed by atoms with E-state index in [0.717, 1.165) is 33.8 Å². The second-order valence-corrected chi connectivity index (χ2v) is 4.08. The van der Waals surface area contributed by atoms with Gasteiger partial charge in [0.1, 0.15) is 11.3 Å². The summed E-state index contributed by atoms with van der Waals surface area (Å²) in [5.74, 6) is 2.32. The molecule has 1 aliphatic rings. The Balaban J connectivity index is 2.28. The van der Waals surface area contributed by atoms with E-state index < -0.39 is 0 Å². The monoisotopic (exact) mass is 219 g/mol. The molecule has 4 nitrogen and oxygen atoms in total. The number of rotatable bonds is 1. The van der Waals surface area contributed by atoms with Crippen molar-refractivity contribution in [2.75, 3.05) is 6.79 Å². The molecule has 1 aromatic heterocycles. The summed E-state index contributed by atoms with van der Waals surface area (Å²) in [6, 6.07) is 3.70. The van der Waals surface area contributed by atoms with Crippen LogP contribution in [-0.4, -0.2) is 6.79 Å². The molecular weight excluding hydrogens is 206 g/mol. The highest BCUT2D eigenvalue weighted by Gasteiger charge is 2.20. The molecule has 2 heterocycles. The minimum Gasteiger partial charge on any atom is -0.459 e. The summed E-state index contributed by atoms with van der Waals surface area (Å²) >= 11 is 0. The third kappa shape index (κ3) is 1.20. The molecule has 0 bridgehead atoms. The average Bonchev–Trinajstić information content (AvgIpc) is 2.80. The van der Waals surface area contributed by atoms with Gasteiger partial charge >= 0.3 is 0 Å². The quantitative estimate of drug-likeness (QED) is 0.800. The van der Waals surface area contributed by atoms with Crippen molar-refractivity contribution in [1.29, 1.82) is 0 Å². The third-order valence-corrected chi connectivity index (χ3v) is 2.88. The number of hydrogen-bond donors (Lipinski definition) is 1. The zero-order valence-corrected chi connectivity index (χ0v) is 9.24. The Hall–Kier alpha value is -1.68. The second kappa shape index (κ2) is 3.15. The van der Waals surface area contributed by atoms with Gasteiger partial charge in [0.15, 0.2) is 11.5 Å². The highest BCUT2D eigenvalue weighted by atomic mass is 16.7. The lowest BCUT2D eigenvalue weighted by molar-refractivity contribution is 0.174. The van der Waals surface area contributed by atoms with Crippen LogP contribution < -0.4 is 15.2 Å². The Morgan fingerprint density at radius 2 is 1.94 bits per heavy atom. The topological polar surface area (TPSA) is 57.6 Å². The molecule has 2 aromatic rings. The number of aryl methyl sites for hydroxylation is 1. The van der Waals surface area contributed by atoms with Gasteiger partial charge in [0.25, 0.3) is 0 Å². The first-order chi connectivity index (χ1) is 7.66. The van der Waals surface area contributed by atoms with Crippen LogP contribution in [0.1, 0.15) is 24.3 Å². The fraction of sp³-hybridized carbons (Fsp3) is 0.333. The second-order valence-electron chi connectivity index (χ2n) is 4.08. The molecular formula is C12H13NO3. The van der Waals surface area contributed by atoms with E-state index in [9.17, 15) is 0 Å². The lowest BCUT2D eigenvalue weighted by Gasteiger charge is -2.00. The summed E-state index contributed by atoms with van der Waals surface area (Å²) < 4.78 is 16.4. The molecule has 3 rings (SSSR count). The van der Waals surface area contributed by atoms with Crippen molar-refractivity contribution < 1.29 is 13.9 Å². The van der Waals surface area contributed by atoms with Crippen LogP contribution in [0.3, 0.4) is 0 Å².